The van der Waals surface area contributed by atoms with Crippen molar-refractivity contribution in [1.82, 2.24) is 5.43 Å². The molecular formula is C16H15ClN3O+. The van der Waals surface area contributed by atoms with E-state index < -0.39 is 0 Å². The summed E-state index contributed by atoms with van der Waals surface area (Å²) in [7, 11) is 0. The third-order valence-corrected chi connectivity index (χ3v) is 2.79. The molecule has 0 saturated carbocycles. The summed E-state index contributed by atoms with van der Waals surface area (Å²) in [6, 6.07) is 15.2. The number of hydrazone groups is 1. The molecule has 0 aliphatic carbocycles. The van der Waals surface area contributed by atoms with Crippen molar-refractivity contribution in [2.24, 2.45) is 5.10 Å². The van der Waals surface area contributed by atoms with E-state index in [1.165, 1.54) is 6.21 Å². The lowest BCUT2D eigenvalue weighted by atomic mass is 10.2. The summed E-state index contributed by atoms with van der Waals surface area (Å²) in [4.78, 5) is 11.6. The molecule has 4 nitrogen and oxygen atoms in total. The van der Waals surface area contributed by atoms with Crippen LogP contribution in [0.4, 0.5) is 0 Å². The van der Waals surface area contributed by atoms with Gasteiger partial charge in [-0.3, -0.25) is 4.79 Å². The van der Waals surface area contributed by atoms with Crippen LogP contribution in [-0.4, -0.2) is 12.1 Å². The molecule has 0 atom stereocenters. The molecule has 0 aliphatic heterocycles. The van der Waals surface area contributed by atoms with Crippen molar-refractivity contribution >= 4 is 29.8 Å². The van der Waals surface area contributed by atoms with Gasteiger partial charge in [-0.25, -0.2) is 5.43 Å². The molecule has 1 amide bonds. The fourth-order valence-corrected chi connectivity index (χ4v) is 1.83. The van der Waals surface area contributed by atoms with Crippen molar-refractivity contribution in [3.63, 3.8) is 0 Å². The number of carbonyl (C=O) groups excluding carboxylic acids is 1. The summed E-state index contributed by atoms with van der Waals surface area (Å²) in [6.07, 6.45) is 6.79. The van der Waals surface area contributed by atoms with E-state index in [0.29, 0.717) is 5.03 Å². The maximum absolute atomic E-state index is 11.6. The van der Waals surface area contributed by atoms with E-state index in [9.17, 15) is 4.79 Å². The zero-order valence-corrected chi connectivity index (χ0v) is 12.1. The number of carbonyl (C=O) groups is 1. The van der Waals surface area contributed by atoms with E-state index >= 15 is 0 Å². The molecule has 106 valence electrons. The van der Waals surface area contributed by atoms with Crippen LogP contribution in [0.15, 0.2) is 71.1 Å². The Bertz CT molecular complexity index is 639. The van der Waals surface area contributed by atoms with Gasteiger partial charge in [0.15, 0.2) is 12.4 Å². The minimum absolute atomic E-state index is 0.207. The third-order valence-electron chi connectivity index (χ3n) is 2.58. The van der Waals surface area contributed by atoms with E-state index in [-0.39, 0.29) is 12.5 Å². The fourth-order valence-electron chi connectivity index (χ4n) is 1.65. The molecule has 21 heavy (non-hydrogen) atoms. The second-order valence-electron chi connectivity index (χ2n) is 4.28. The van der Waals surface area contributed by atoms with Crippen molar-refractivity contribution < 1.29 is 9.36 Å². The number of hydrogen-bond donors (Lipinski definition) is 1. The number of halogens is 1. The number of allylic oxidation sites excluding steroid dienone is 1. The SMILES string of the molecule is O=C(C[n+]1ccccc1)N/N=C/C(Cl)=C/c1ccccc1. The van der Waals surface area contributed by atoms with Crippen LogP contribution >= 0.6 is 11.6 Å². The fraction of sp³-hybridized carbons (Fsp3) is 0.0625. The molecule has 0 unspecified atom stereocenters. The van der Waals surface area contributed by atoms with Crippen molar-refractivity contribution in [2.75, 3.05) is 0 Å². The molecular weight excluding hydrogens is 286 g/mol. The van der Waals surface area contributed by atoms with Crippen LogP contribution in [0.25, 0.3) is 6.08 Å². The van der Waals surface area contributed by atoms with Crippen molar-refractivity contribution in [1.29, 1.82) is 0 Å². The van der Waals surface area contributed by atoms with E-state index in [2.05, 4.69) is 10.5 Å². The average molecular weight is 301 g/mol. The van der Waals surface area contributed by atoms with Crippen LogP contribution in [0.2, 0.25) is 0 Å². The van der Waals surface area contributed by atoms with Crippen LogP contribution in [0, 0.1) is 0 Å². The summed E-state index contributed by atoms with van der Waals surface area (Å²) in [5.41, 5.74) is 3.40. The molecule has 1 N–H and O–H groups in total. The van der Waals surface area contributed by atoms with E-state index in [0.717, 1.165) is 5.56 Å². The van der Waals surface area contributed by atoms with Gasteiger partial charge in [0.25, 0.3) is 0 Å². The summed E-state index contributed by atoms with van der Waals surface area (Å²) >= 11 is 6.01. The first-order chi connectivity index (χ1) is 10.2. The van der Waals surface area contributed by atoms with Crippen LogP contribution in [0.3, 0.4) is 0 Å². The smallest absolute Gasteiger partial charge is 0.266 e. The predicted molar refractivity (Wildman–Crippen MR) is 83.5 cm³/mol. The van der Waals surface area contributed by atoms with Gasteiger partial charge in [-0.1, -0.05) is 48.0 Å². The largest absolute Gasteiger partial charge is 0.305 e. The Kier molecular flexibility index (Phi) is 5.67. The second-order valence-corrected chi connectivity index (χ2v) is 4.72. The van der Waals surface area contributed by atoms with E-state index in [1.807, 2.05) is 60.9 Å². The first-order valence-electron chi connectivity index (χ1n) is 6.42. The Morgan fingerprint density at radius 1 is 1.14 bits per heavy atom. The minimum atomic E-state index is -0.216. The third kappa shape index (κ3) is 5.58. The summed E-state index contributed by atoms with van der Waals surface area (Å²) in [5.74, 6) is -0.216. The van der Waals surface area contributed by atoms with Gasteiger partial charge in [-0.2, -0.15) is 9.67 Å². The van der Waals surface area contributed by atoms with Gasteiger partial charge in [0.05, 0.1) is 11.2 Å². The predicted octanol–water partition coefficient (Wildman–Crippen LogP) is 2.36. The number of nitrogens with one attached hydrogen (secondary N) is 1. The molecule has 1 aromatic heterocycles. The number of rotatable bonds is 5. The number of aromatic nitrogens is 1. The highest BCUT2D eigenvalue weighted by Crippen LogP contribution is 2.07. The molecule has 0 radical (unpaired) electrons. The monoisotopic (exact) mass is 300 g/mol. The number of hydrogen-bond acceptors (Lipinski definition) is 2. The number of amides is 1. The molecule has 0 fully saturated rings. The highest BCUT2D eigenvalue weighted by atomic mass is 35.5. The lowest BCUT2D eigenvalue weighted by molar-refractivity contribution is -0.684. The Balaban J connectivity index is 1.84. The van der Waals surface area contributed by atoms with Gasteiger partial charge in [-0.05, 0) is 11.6 Å². The van der Waals surface area contributed by atoms with Gasteiger partial charge in [0, 0.05) is 12.1 Å². The topological polar surface area (TPSA) is 45.3 Å². The van der Waals surface area contributed by atoms with Crippen molar-refractivity contribution in [3.05, 3.63) is 71.5 Å². The van der Waals surface area contributed by atoms with Crippen LogP contribution in [0.5, 0.6) is 0 Å². The Labute approximate surface area is 128 Å². The number of pyridine rings is 1. The number of benzene rings is 1. The van der Waals surface area contributed by atoms with Gasteiger partial charge in [-0.15, -0.1) is 0 Å². The summed E-state index contributed by atoms with van der Waals surface area (Å²) in [5, 5.41) is 4.26. The normalized spacial score (nSPS) is 11.6. The molecule has 2 aromatic rings. The lowest BCUT2D eigenvalue weighted by Gasteiger charge is -1.96. The molecule has 0 spiro atoms. The van der Waals surface area contributed by atoms with Gasteiger partial charge < -0.3 is 0 Å². The van der Waals surface area contributed by atoms with E-state index in [1.54, 1.807) is 10.6 Å². The standard InChI is InChI=1S/C16H14ClN3O/c17-15(11-14-7-3-1-4-8-14)12-18-19-16(21)13-20-9-5-2-6-10-20/h1-12H,13H2/p+1/b15-11-,18-12+. The van der Waals surface area contributed by atoms with E-state index in [4.69, 9.17) is 11.6 Å². The molecule has 0 bridgehead atoms. The zero-order valence-electron chi connectivity index (χ0n) is 11.3. The molecule has 0 aliphatic rings. The molecule has 5 heteroatoms. The minimum Gasteiger partial charge on any atom is -0.266 e. The molecule has 2 rings (SSSR count). The first kappa shape index (κ1) is 14.9. The molecule has 0 saturated heterocycles. The Hall–Kier alpha value is -2.46. The summed E-state index contributed by atoms with van der Waals surface area (Å²) < 4.78 is 1.76. The maximum Gasteiger partial charge on any atom is 0.305 e. The highest BCUT2D eigenvalue weighted by molar-refractivity contribution is 6.41. The Morgan fingerprint density at radius 3 is 2.52 bits per heavy atom. The summed E-state index contributed by atoms with van der Waals surface area (Å²) in [6.45, 7) is 0.207. The highest BCUT2D eigenvalue weighted by Gasteiger charge is 2.06. The van der Waals surface area contributed by atoms with Crippen molar-refractivity contribution in [2.45, 2.75) is 6.54 Å². The van der Waals surface area contributed by atoms with Crippen LogP contribution in [0.1, 0.15) is 5.56 Å². The molecule has 1 aromatic carbocycles. The van der Waals surface area contributed by atoms with Gasteiger partial charge in [0.1, 0.15) is 0 Å². The Morgan fingerprint density at radius 2 is 1.81 bits per heavy atom. The second kappa shape index (κ2) is 7.97. The van der Waals surface area contributed by atoms with Gasteiger partial charge in [0.2, 0.25) is 6.54 Å². The molecule has 1 heterocycles. The van der Waals surface area contributed by atoms with Crippen LogP contribution < -0.4 is 9.99 Å². The quantitative estimate of drug-likeness (QED) is 0.514. The number of nitrogens with zero attached hydrogens (tertiary/aromatic N) is 2. The maximum atomic E-state index is 11.6. The lowest BCUT2D eigenvalue weighted by Crippen LogP contribution is -2.40. The first-order valence-corrected chi connectivity index (χ1v) is 6.80. The zero-order chi connectivity index (χ0) is 14.9. The van der Waals surface area contributed by atoms with Gasteiger partial charge >= 0.3 is 5.91 Å². The van der Waals surface area contributed by atoms with Crippen molar-refractivity contribution in [3.8, 4) is 0 Å². The average Bonchev–Trinajstić information content (AvgIpc) is 2.49. The van der Waals surface area contributed by atoms with Crippen LogP contribution in [-0.2, 0) is 11.3 Å².